The van der Waals surface area contributed by atoms with Crippen molar-refractivity contribution < 1.29 is 14.0 Å². The topological polar surface area (TPSA) is 115 Å². The summed E-state index contributed by atoms with van der Waals surface area (Å²) in [5.74, 6) is -2.10. The van der Waals surface area contributed by atoms with Gasteiger partial charge in [0.2, 0.25) is 0 Å². The number of piperazine rings is 1. The fourth-order valence-electron chi connectivity index (χ4n) is 4.25. The highest BCUT2D eigenvalue weighted by atomic mass is 19.1. The van der Waals surface area contributed by atoms with Crippen molar-refractivity contribution in [2.24, 2.45) is 0 Å². The molecule has 2 N–H and O–H groups in total. The van der Waals surface area contributed by atoms with Crippen LogP contribution in [0.1, 0.15) is 15.9 Å². The lowest BCUT2D eigenvalue weighted by atomic mass is 10.1. The zero-order chi connectivity index (χ0) is 23.8. The number of benzene rings is 1. The maximum atomic E-state index is 14.2. The molecule has 0 aliphatic carbocycles. The van der Waals surface area contributed by atoms with Gasteiger partial charge in [-0.3, -0.25) is 24.2 Å². The number of hydrogen-bond acceptors (Lipinski definition) is 7. The Kier molecular flexibility index (Phi) is 5.40. The normalized spacial score (nSPS) is 14.0. The van der Waals surface area contributed by atoms with Gasteiger partial charge in [0.25, 0.3) is 22.5 Å². The van der Waals surface area contributed by atoms with E-state index in [1.165, 1.54) is 23.2 Å². The molecule has 1 fully saturated rings. The molecule has 0 unspecified atom stereocenters. The van der Waals surface area contributed by atoms with E-state index in [9.17, 15) is 23.6 Å². The number of halogens is 1. The number of aromatic amines is 1. The minimum Gasteiger partial charge on any atom is -0.376 e. The number of nitrogens with zero attached hydrogens (tertiary/aromatic N) is 3. The van der Waals surface area contributed by atoms with Crippen LogP contribution in [0.5, 0.6) is 0 Å². The van der Waals surface area contributed by atoms with E-state index >= 15 is 0 Å². The zero-order valence-electron chi connectivity index (χ0n) is 18.0. The van der Waals surface area contributed by atoms with Crippen molar-refractivity contribution in [3.05, 3.63) is 86.3 Å². The molecule has 34 heavy (non-hydrogen) atoms. The Labute approximate surface area is 192 Å². The van der Waals surface area contributed by atoms with Crippen LogP contribution in [0.25, 0.3) is 10.9 Å². The highest BCUT2D eigenvalue weighted by molar-refractivity contribution is 6.44. The highest BCUT2D eigenvalue weighted by Gasteiger charge is 2.32. The SMILES string of the molecule is O=C(C(=O)N1CCN(c2c(NCc3cccnc3)c(=O)c2=O)CC1)c1c[nH]c2cccc(F)c12. The Morgan fingerprint density at radius 1 is 1.06 bits per heavy atom. The largest absolute Gasteiger partial charge is 0.376 e. The van der Waals surface area contributed by atoms with Crippen molar-refractivity contribution in [3.8, 4) is 0 Å². The van der Waals surface area contributed by atoms with Gasteiger partial charge < -0.3 is 20.1 Å². The summed E-state index contributed by atoms with van der Waals surface area (Å²) in [5, 5.41) is 3.10. The minimum atomic E-state index is -0.794. The van der Waals surface area contributed by atoms with Crippen molar-refractivity contribution in [2.45, 2.75) is 6.54 Å². The lowest BCUT2D eigenvalue weighted by Crippen LogP contribution is -2.54. The third kappa shape index (κ3) is 3.62. The van der Waals surface area contributed by atoms with Crippen LogP contribution in [-0.4, -0.2) is 52.7 Å². The van der Waals surface area contributed by atoms with Crippen LogP contribution >= 0.6 is 0 Å². The number of hydrogen-bond donors (Lipinski definition) is 2. The van der Waals surface area contributed by atoms with Gasteiger partial charge in [0.05, 0.1) is 5.56 Å². The molecule has 5 rings (SSSR count). The monoisotopic (exact) mass is 461 g/mol. The molecule has 10 heteroatoms. The molecular formula is C24H20FN5O4. The first-order chi connectivity index (χ1) is 16.5. The molecule has 2 aromatic carbocycles. The number of carbonyl (C=O) groups excluding carboxylic acids is 2. The number of nitrogens with one attached hydrogen (secondary N) is 2. The van der Waals surface area contributed by atoms with E-state index in [2.05, 4.69) is 15.3 Å². The number of ketones is 1. The van der Waals surface area contributed by atoms with E-state index < -0.39 is 28.4 Å². The number of pyridine rings is 1. The molecular weight excluding hydrogens is 441 g/mol. The number of anilines is 2. The molecule has 9 nitrogen and oxygen atoms in total. The predicted molar refractivity (Wildman–Crippen MR) is 124 cm³/mol. The summed E-state index contributed by atoms with van der Waals surface area (Å²) < 4.78 is 14.2. The minimum absolute atomic E-state index is 0.00936. The lowest BCUT2D eigenvalue weighted by molar-refractivity contribution is -0.126. The molecule has 0 bridgehead atoms. The van der Waals surface area contributed by atoms with Crippen LogP contribution in [0.15, 0.2) is 58.5 Å². The summed E-state index contributed by atoms with van der Waals surface area (Å²) in [6, 6.07) is 8.02. The quantitative estimate of drug-likeness (QED) is 0.330. The second kappa shape index (κ2) is 8.54. The predicted octanol–water partition coefficient (Wildman–Crippen LogP) is 1.44. The first-order valence-electron chi connectivity index (χ1n) is 10.8. The van der Waals surface area contributed by atoms with Crippen molar-refractivity contribution in [1.29, 1.82) is 0 Å². The number of H-pyrrole nitrogens is 1. The number of carbonyl (C=O) groups is 2. The van der Waals surface area contributed by atoms with Crippen molar-refractivity contribution >= 4 is 34.0 Å². The van der Waals surface area contributed by atoms with E-state index in [-0.39, 0.29) is 42.8 Å². The molecule has 172 valence electrons. The molecule has 1 aliphatic heterocycles. The molecule has 1 aliphatic rings. The van der Waals surface area contributed by atoms with Crippen LogP contribution in [0.3, 0.4) is 0 Å². The second-order valence-electron chi connectivity index (χ2n) is 8.07. The number of rotatable bonds is 6. The van der Waals surface area contributed by atoms with Gasteiger partial charge in [-0.1, -0.05) is 12.1 Å². The van der Waals surface area contributed by atoms with Gasteiger partial charge in [-0.15, -0.1) is 0 Å². The van der Waals surface area contributed by atoms with E-state index in [0.29, 0.717) is 17.7 Å². The molecule has 3 heterocycles. The maximum Gasteiger partial charge on any atom is 0.295 e. The lowest BCUT2D eigenvalue weighted by Gasteiger charge is -2.36. The highest BCUT2D eigenvalue weighted by Crippen LogP contribution is 2.24. The van der Waals surface area contributed by atoms with Crippen LogP contribution in [0.4, 0.5) is 15.8 Å². The van der Waals surface area contributed by atoms with E-state index in [1.807, 2.05) is 6.07 Å². The van der Waals surface area contributed by atoms with Gasteiger partial charge >= 0.3 is 0 Å². The van der Waals surface area contributed by atoms with Gasteiger partial charge in [-0.2, -0.15) is 0 Å². The van der Waals surface area contributed by atoms with E-state index in [0.717, 1.165) is 5.56 Å². The molecule has 4 aromatic rings. The first-order valence-corrected chi connectivity index (χ1v) is 10.8. The van der Waals surface area contributed by atoms with E-state index in [4.69, 9.17) is 0 Å². The van der Waals surface area contributed by atoms with Gasteiger partial charge in [-0.25, -0.2) is 4.39 Å². The Balaban J connectivity index is 1.26. The van der Waals surface area contributed by atoms with Crippen LogP contribution in [-0.2, 0) is 11.3 Å². The molecule has 2 aromatic heterocycles. The molecule has 0 spiro atoms. The van der Waals surface area contributed by atoms with Gasteiger partial charge in [0.15, 0.2) is 0 Å². The first kappa shape index (κ1) is 21.5. The number of amides is 1. The summed E-state index contributed by atoms with van der Waals surface area (Å²) in [6.45, 7) is 1.30. The van der Waals surface area contributed by atoms with Crippen LogP contribution in [0, 0.1) is 5.82 Å². The summed E-state index contributed by atoms with van der Waals surface area (Å²) in [4.78, 5) is 59.9. The summed E-state index contributed by atoms with van der Waals surface area (Å²) in [7, 11) is 0. The van der Waals surface area contributed by atoms with Crippen molar-refractivity contribution in [2.75, 3.05) is 36.4 Å². The number of aromatic nitrogens is 2. The Bertz CT molecular complexity index is 1460. The van der Waals surface area contributed by atoms with Gasteiger partial charge in [0.1, 0.15) is 17.2 Å². The third-order valence-electron chi connectivity index (χ3n) is 6.05. The Morgan fingerprint density at radius 3 is 2.59 bits per heavy atom. The number of fused-ring (bicyclic) bond motifs is 1. The summed E-state index contributed by atoms with van der Waals surface area (Å²) in [6.07, 6.45) is 4.65. The smallest absolute Gasteiger partial charge is 0.295 e. The fourth-order valence-corrected chi connectivity index (χ4v) is 4.25. The number of Topliss-reactive ketones (excluding diaryl/α,β-unsaturated/α-hetero) is 1. The molecule has 1 amide bonds. The van der Waals surface area contributed by atoms with Gasteiger partial charge in [0, 0.05) is 62.2 Å². The molecule has 1 saturated heterocycles. The summed E-state index contributed by atoms with van der Waals surface area (Å²) in [5.41, 5.74) is 0.694. The van der Waals surface area contributed by atoms with Crippen LogP contribution in [0.2, 0.25) is 0 Å². The van der Waals surface area contributed by atoms with E-state index in [1.54, 1.807) is 29.4 Å². The third-order valence-corrected chi connectivity index (χ3v) is 6.05. The van der Waals surface area contributed by atoms with Crippen molar-refractivity contribution in [3.63, 3.8) is 0 Å². The Hall–Kier alpha value is -4.34. The average molecular weight is 461 g/mol. The molecule has 0 atom stereocenters. The second-order valence-corrected chi connectivity index (χ2v) is 8.07. The zero-order valence-corrected chi connectivity index (χ0v) is 18.0. The standard InChI is InChI=1S/C24H20FN5O4/c25-16-4-1-5-17-18(16)15(13-27-17)21(31)24(34)30-9-7-29(8-10-30)20-19(22(32)23(20)33)28-12-14-3-2-6-26-11-14/h1-6,11,13,27-28H,7-10,12H2. The van der Waals surface area contributed by atoms with Crippen LogP contribution < -0.4 is 21.1 Å². The maximum absolute atomic E-state index is 14.2. The molecule has 0 radical (unpaired) electrons. The Morgan fingerprint density at radius 2 is 1.85 bits per heavy atom. The molecule has 0 saturated carbocycles. The van der Waals surface area contributed by atoms with Crippen molar-refractivity contribution in [1.82, 2.24) is 14.9 Å². The summed E-state index contributed by atoms with van der Waals surface area (Å²) >= 11 is 0. The van der Waals surface area contributed by atoms with Gasteiger partial charge in [-0.05, 0) is 23.8 Å². The fraction of sp³-hybridized carbons (Fsp3) is 0.208. The average Bonchev–Trinajstić information content (AvgIpc) is 3.31.